The second-order valence-corrected chi connectivity index (χ2v) is 17.3. The van der Waals surface area contributed by atoms with Gasteiger partial charge in [0.1, 0.15) is 5.69 Å². The molecule has 0 unspecified atom stereocenters. The molecule has 0 aliphatic heterocycles. The summed E-state index contributed by atoms with van der Waals surface area (Å²) in [5.74, 6) is -0.0230. The van der Waals surface area contributed by atoms with Crippen LogP contribution in [0.3, 0.4) is 0 Å². The molecule has 0 spiro atoms. The summed E-state index contributed by atoms with van der Waals surface area (Å²) >= 11 is 5.81. The zero-order valence-corrected chi connectivity index (χ0v) is 39.2. The Bertz CT molecular complexity index is 1850. The second-order valence-electron chi connectivity index (χ2n) is 16.9. The zero-order valence-electron chi connectivity index (χ0n) is 38.4. The SMILES string of the molecule is CC(=O)NC(C)C.CC(C)NC(=O)c1ccc(C(C)(C)C)cc1.CC(C)n1cc(-c2ccc(Cl)cc2)nn1.CCCCCCCC(=O)Nc1ccc(C(=O)NC(C)C)cc1. The molecule has 4 N–H and O–H groups in total. The maximum Gasteiger partial charge on any atom is 0.251 e. The molecule has 1 heterocycles. The summed E-state index contributed by atoms with van der Waals surface area (Å²) in [6.07, 6.45) is 8.18. The average molecular weight is 847 g/mol. The monoisotopic (exact) mass is 846 g/mol. The van der Waals surface area contributed by atoms with E-state index in [1.165, 1.54) is 31.7 Å². The molecule has 330 valence electrons. The highest BCUT2D eigenvalue weighted by Crippen LogP contribution is 2.22. The fraction of sp³-hybridized carbons (Fsp3) is 0.500. The Morgan fingerprint density at radius 1 is 0.667 bits per heavy atom. The maximum atomic E-state index is 11.8. The summed E-state index contributed by atoms with van der Waals surface area (Å²) in [6, 6.07) is 23.3. The van der Waals surface area contributed by atoms with Crippen molar-refractivity contribution in [2.75, 3.05) is 5.32 Å². The minimum Gasteiger partial charge on any atom is -0.354 e. The predicted molar refractivity (Wildman–Crippen MR) is 249 cm³/mol. The van der Waals surface area contributed by atoms with Gasteiger partial charge in [-0.2, -0.15) is 0 Å². The first kappa shape index (κ1) is 53.0. The van der Waals surface area contributed by atoms with E-state index < -0.39 is 0 Å². The molecule has 60 heavy (non-hydrogen) atoms. The van der Waals surface area contributed by atoms with Gasteiger partial charge in [0, 0.05) is 64.9 Å². The number of nitrogens with one attached hydrogen (secondary N) is 4. The Labute approximate surface area is 365 Å². The van der Waals surface area contributed by atoms with Crippen LogP contribution in [0.15, 0.2) is 79.0 Å². The second kappa shape index (κ2) is 27.7. The van der Waals surface area contributed by atoms with Gasteiger partial charge in [-0.25, -0.2) is 4.68 Å². The van der Waals surface area contributed by atoms with E-state index >= 15 is 0 Å². The molecule has 12 heteroatoms. The van der Waals surface area contributed by atoms with Crippen molar-refractivity contribution in [1.82, 2.24) is 30.9 Å². The fourth-order valence-electron chi connectivity index (χ4n) is 5.32. The van der Waals surface area contributed by atoms with E-state index in [4.69, 9.17) is 11.6 Å². The van der Waals surface area contributed by atoms with Crippen LogP contribution < -0.4 is 21.3 Å². The number of nitrogens with zero attached hydrogens (tertiary/aromatic N) is 3. The molecule has 0 radical (unpaired) electrons. The molecule has 3 aromatic carbocycles. The average Bonchev–Trinajstić information content (AvgIpc) is 3.66. The Morgan fingerprint density at radius 2 is 1.15 bits per heavy atom. The van der Waals surface area contributed by atoms with Crippen LogP contribution in [0.25, 0.3) is 11.3 Å². The number of benzene rings is 3. The van der Waals surface area contributed by atoms with Crippen LogP contribution in [0.5, 0.6) is 0 Å². The molecule has 0 aliphatic carbocycles. The summed E-state index contributed by atoms with van der Waals surface area (Å²) in [4.78, 5) is 45.5. The molecule has 0 fully saturated rings. The van der Waals surface area contributed by atoms with E-state index in [9.17, 15) is 19.2 Å². The molecule has 11 nitrogen and oxygen atoms in total. The Morgan fingerprint density at radius 3 is 1.55 bits per heavy atom. The van der Waals surface area contributed by atoms with Crippen LogP contribution in [0, 0.1) is 0 Å². The Balaban J connectivity index is 0.000000423. The number of aromatic nitrogens is 3. The van der Waals surface area contributed by atoms with Crippen LogP contribution >= 0.6 is 11.6 Å². The number of rotatable bonds is 14. The highest BCUT2D eigenvalue weighted by molar-refractivity contribution is 6.30. The largest absolute Gasteiger partial charge is 0.354 e. The van der Waals surface area contributed by atoms with E-state index in [2.05, 4.69) is 73.1 Å². The summed E-state index contributed by atoms with van der Waals surface area (Å²) < 4.78 is 1.84. The zero-order chi connectivity index (χ0) is 45.4. The summed E-state index contributed by atoms with van der Waals surface area (Å²) in [5.41, 5.74) is 5.35. The van der Waals surface area contributed by atoms with Crippen molar-refractivity contribution in [3.05, 3.63) is 101 Å². The minimum atomic E-state index is -0.0937. The third-order valence-corrected chi connectivity index (χ3v) is 8.71. The number of hydrogen-bond acceptors (Lipinski definition) is 6. The third kappa shape index (κ3) is 22.9. The number of carbonyl (C=O) groups is 4. The molecule has 4 aromatic rings. The topological polar surface area (TPSA) is 147 Å². The Kier molecular flexibility index (Phi) is 24.4. The maximum absolute atomic E-state index is 11.8. The van der Waals surface area contributed by atoms with Crippen molar-refractivity contribution >= 4 is 40.9 Å². The van der Waals surface area contributed by atoms with Crippen molar-refractivity contribution < 1.29 is 19.2 Å². The van der Waals surface area contributed by atoms with Gasteiger partial charge in [-0.3, -0.25) is 19.2 Å². The molecule has 0 aliphatic rings. The normalized spacial score (nSPS) is 10.8. The van der Waals surface area contributed by atoms with Gasteiger partial charge in [0.05, 0.1) is 6.20 Å². The molecule has 0 bridgehead atoms. The molecule has 0 saturated heterocycles. The summed E-state index contributed by atoms with van der Waals surface area (Å²) in [5, 5.41) is 20.1. The van der Waals surface area contributed by atoms with Crippen molar-refractivity contribution in [3.8, 4) is 11.3 Å². The minimum absolute atomic E-state index is 0.00420. The van der Waals surface area contributed by atoms with Crippen LogP contribution in [-0.4, -0.2) is 56.7 Å². The van der Waals surface area contributed by atoms with Crippen LogP contribution in [-0.2, 0) is 15.0 Å². The summed E-state index contributed by atoms with van der Waals surface area (Å²) in [7, 11) is 0. The quantitative estimate of drug-likeness (QED) is 0.0929. The molecule has 4 rings (SSSR count). The third-order valence-electron chi connectivity index (χ3n) is 8.46. The van der Waals surface area contributed by atoms with E-state index in [1.807, 2.05) is 101 Å². The number of hydrogen-bond donors (Lipinski definition) is 4. The van der Waals surface area contributed by atoms with E-state index in [-0.39, 0.29) is 47.2 Å². The van der Waals surface area contributed by atoms with Gasteiger partial charge in [0.25, 0.3) is 11.8 Å². The van der Waals surface area contributed by atoms with Crippen LogP contribution in [0.2, 0.25) is 5.02 Å². The van der Waals surface area contributed by atoms with Gasteiger partial charge in [-0.05, 0) is 121 Å². The smallest absolute Gasteiger partial charge is 0.251 e. The van der Waals surface area contributed by atoms with Crippen LogP contribution in [0.4, 0.5) is 5.69 Å². The first-order valence-electron chi connectivity index (χ1n) is 21.2. The number of amides is 4. The van der Waals surface area contributed by atoms with Crippen molar-refractivity contribution in [1.29, 1.82) is 0 Å². The van der Waals surface area contributed by atoms with Gasteiger partial charge in [0.15, 0.2) is 0 Å². The van der Waals surface area contributed by atoms with Gasteiger partial charge in [0.2, 0.25) is 11.8 Å². The highest BCUT2D eigenvalue weighted by Gasteiger charge is 2.14. The summed E-state index contributed by atoms with van der Waals surface area (Å²) in [6.45, 7) is 26.0. The predicted octanol–water partition coefficient (Wildman–Crippen LogP) is 11.0. The number of carbonyl (C=O) groups excluding carboxylic acids is 4. The lowest BCUT2D eigenvalue weighted by atomic mass is 9.87. The standard InChI is InChI=1S/C18H28N2O2.C14H21NO.C11H12ClN3.C5H11NO/c1-4-5-6-7-8-9-17(21)20-16-12-10-15(11-13-16)18(22)19-14(2)3;1-10(2)15-13(16)11-6-8-12(9-7-11)14(3,4)5;1-8(2)15-7-11(13-14-15)9-3-5-10(12)6-4-9;1-4(2)6-5(3)7/h10-14H,4-9H2,1-3H3,(H,19,22)(H,20,21);6-10H,1-5H3,(H,15,16);3-8H,1-2H3;4H,1-3H3,(H,6,7). The number of unbranched alkanes of at least 4 members (excludes halogenated alkanes) is 4. The van der Waals surface area contributed by atoms with Crippen molar-refractivity contribution in [3.63, 3.8) is 0 Å². The Hall–Kier alpha value is -5.03. The first-order valence-corrected chi connectivity index (χ1v) is 21.6. The van der Waals surface area contributed by atoms with Crippen LogP contribution in [0.1, 0.15) is 161 Å². The van der Waals surface area contributed by atoms with Gasteiger partial charge in [-0.15, -0.1) is 5.10 Å². The van der Waals surface area contributed by atoms with Gasteiger partial charge in [-0.1, -0.05) is 94.5 Å². The molecule has 0 saturated carbocycles. The fourth-order valence-corrected chi connectivity index (χ4v) is 5.44. The molecular weight excluding hydrogens is 774 g/mol. The van der Waals surface area contributed by atoms with E-state index in [0.717, 1.165) is 40.4 Å². The number of halogens is 1. The molecule has 4 amide bonds. The number of anilines is 1. The molecular formula is C48H72ClN7O4. The first-order chi connectivity index (χ1) is 28.1. The lowest BCUT2D eigenvalue weighted by molar-refractivity contribution is -0.119. The van der Waals surface area contributed by atoms with E-state index in [0.29, 0.717) is 18.0 Å². The van der Waals surface area contributed by atoms with Gasteiger partial charge < -0.3 is 21.3 Å². The van der Waals surface area contributed by atoms with Gasteiger partial charge >= 0.3 is 0 Å². The van der Waals surface area contributed by atoms with Crippen molar-refractivity contribution in [2.24, 2.45) is 0 Å². The highest BCUT2D eigenvalue weighted by atomic mass is 35.5. The molecule has 0 atom stereocenters. The van der Waals surface area contributed by atoms with E-state index in [1.54, 1.807) is 24.3 Å². The lowest BCUT2D eigenvalue weighted by Crippen LogP contribution is -2.30. The lowest BCUT2D eigenvalue weighted by Gasteiger charge is -2.19. The molecule has 1 aromatic heterocycles. The van der Waals surface area contributed by atoms with Crippen molar-refractivity contribution in [2.45, 2.75) is 158 Å².